The second-order valence-electron chi connectivity index (χ2n) is 3.51. The largest absolute Gasteiger partial charge is 0.297 e. The molecular formula is C10H17N. The predicted octanol–water partition coefficient (Wildman–Crippen LogP) is 2.82. The van der Waals surface area contributed by atoms with Gasteiger partial charge in [0.15, 0.2) is 0 Å². The molecule has 0 aromatic carbocycles. The maximum atomic E-state index is 3.96. The molecule has 1 heteroatoms. The fourth-order valence-electron chi connectivity index (χ4n) is 1.42. The molecule has 1 fully saturated rings. The van der Waals surface area contributed by atoms with Crippen molar-refractivity contribution in [2.24, 2.45) is 10.4 Å². The zero-order valence-corrected chi connectivity index (χ0v) is 7.72. The lowest BCUT2D eigenvalue weighted by Gasteiger charge is -2.10. The third-order valence-corrected chi connectivity index (χ3v) is 2.58. The molecule has 0 N–H and O–H groups in total. The highest BCUT2D eigenvalue weighted by molar-refractivity contribution is 5.72. The average Bonchev–Trinajstić information content (AvgIpc) is 2.71. The Balaban J connectivity index is 2.62. The van der Waals surface area contributed by atoms with Crippen LogP contribution in [0.4, 0.5) is 0 Å². The van der Waals surface area contributed by atoms with E-state index in [9.17, 15) is 0 Å². The fraction of sp³-hybridized carbons (Fsp3) is 0.700. The summed E-state index contributed by atoms with van der Waals surface area (Å²) in [7, 11) is 1.82. The molecule has 1 saturated carbocycles. The Labute approximate surface area is 69.2 Å². The molecule has 0 bridgehead atoms. The zero-order valence-electron chi connectivity index (χ0n) is 7.72. The topological polar surface area (TPSA) is 12.4 Å². The van der Waals surface area contributed by atoms with Gasteiger partial charge in [-0.05, 0) is 30.8 Å². The van der Waals surface area contributed by atoms with Crippen LogP contribution >= 0.6 is 0 Å². The highest BCUT2D eigenvalue weighted by Crippen LogP contribution is 2.52. The van der Waals surface area contributed by atoms with Gasteiger partial charge in [-0.1, -0.05) is 19.4 Å². The van der Waals surface area contributed by atoms with Crippen LogP contribution in [0.5, 0.6) is 0 Å². The van der Waals surface area contributed by atoms with Crippen LogP contribution in [0.3, 0.4) is 0 Å². The number of hydrogen-bond acceptors (Lipinski definition) is 1. The van der Waals surface area contributed by atoms with E-state index in [4.69, 9.17) is 0 Å². The summed E-state index contributed by atoms with van der Waals surface area (Å²) < 4.78 is 0. The first kappa shape index (κ1) is 8.51. The molecule has 0 radical (unpaired) electrons. The molecular weight excluding hydrogens is 134 g/mol. The Kier molecular flexibility index (Phi) is 2.48. The third kappa shape index (κ3) is 1.92. The molecule has 0 amide bonds. The normalized spacial score (nSPS) is 22.6. The summed E-state index contributed by atoms with van der Waals surface area (Å²) in [6, 6.07) is 0. The highest BCUT2D eigenvalue weighted by atomic mass is 14.6. The van der Waals surface area contributed by atoms with Crippen molar-refractivity contribution in [3.63, 3.8) is 0 Å². The molecule has 1 aliphatic rings. The second-order valence-corrected chi connectivity index (χ2v) is 3.51. The first-order valence-electron chi connectivity index (χ1n) is 4.35. The smallest absolute Gasteiger partial charge is 0.0277 e. The van der Waals surface area contributed by atoms with E-state index >= 15 is 0 Å². The van der Waals surface area contributed by atoms with Gasteiger partial charge in [-0.3, -0.25) is 4.99 Å². The van der Waals surface area contributed by atoms with Gasteiger partial charge in [-0.2, -0.15) is 0 Å². The Morgan fingerprint density at radius 3 is 2.55 bits per heavy atom. The molecule has 11 heavy (non-hydrogen) atoms. The van der Waals surface area contributed by atoms with Crippen LogP contribution in [0.1, 0.15) is 33.1 Å². The van der Waals surface area contributed by atoms with Gasteiger partial charge in [-0.15, -0.1) is 0 Å². The molecule has 0 atom stereocenters. The Bertz CT molecular complexity index is 185. The summed E-state index contributed by atoms with van der Waals surface area (Å²) in [5.74, 6) is 0. The molecule has 0 spiro atoms. The summed E-state index contributed by atoms with van der Waals surface area (Å²) in [5, 5.41) is 0. The number of aliphatic imine (C=N–C) groups is 1. The molecule has 0 saturated heterocycles. The fourth-order valence-corrected chi connectivity index (χ4v) is 1.42. The van der Waals surface area contributed by atoms with Crippen LogP contribution < -0.4 is 0 Å². The van der Waals surface area contributed by atoms with Crippen molar-refractivity contribution in [1.29, 1.82) is 0 Å². The minimum atomic E-state index is 0.538. The van der Waals surface area contributed by atoms with Crippen LogP contribution in [0.2, 0.25) is 0 Å². The Morgan fingerprint density at radius 2 is 2.18 bits per heavy atom. The standard InChI is InChI=1S/C10H17N/c1-4-9(5-8-11-3)10(2)6-7-10/h5,8H,4,6-7H2,1-3H3/b9-5+,11-8?. The van der Waals surface area contributed by atoms with Crippen molar-refractivity contribution < 1.29 is 0 Å². The molecule has 1 nitrogen and oxygen atoms in total. The van der Waals surface area contributed by atoms with Crippen molar-refractivity contribution in [3.8, 4) is 0 Å². The lowest BCUT2D eigenvalue weighted by atomic mass is 9.96. The molecule has 0 heterocycles. The molecule has 62 valence electrons. The summed E-state index contributed by atoms with van der Waals surface area (Å²) in [4.78, 5) is 3.96. The number of allylic oxidation sites excluding steroid dienone is 2. The van der Waals surface area contributed by atoms with Crippen LogP contribution in [-0.2, 0) is 0 Å². The Morgan fingerprint density at radius 1 is 1.55 bits per heavy atom. The van der Waals surface area contributed by atoms with Gasteiger partial charge in [0.1, 0.15) is 0 Å². The lowest BCUT2D eigenvalue weighted by molar-refractivity contribution is 0.660. The zero-order chi connectivity index (χ0) is 8.32. The average molecular weight is 151 g/mol. The maximum absolute atomic E-state index is 3.96. The van der Waals surface area contributed by atoms with Crippen LogP contribution in [0.15, 0.2) is 16.6 Å². The van der Waals surface area contributed by atoms with Crippen molar-refractivity contribution in [2.45, 2.75) is 33.1 Å². The Hall–Kier alpha value is -0.590. The SMILES string of the molecule is CC/C(=C\C=NC)C1(C)CC1. The van der Waals surface area contributed by atoms with E-state index in [1.165, 1.54) is 19.3 Å². The van der Waals surface area contributed by atoms with Gasteiger partial charge in [0.2, 0.25) is 0 Å². The predicted molar refractivity (Wildman–Crippen MR) is 50.1 cm³/mol. The first-order chi connectivity index (χ1) is 5.23. The van der Waals surface area contributed by atoms with E-state index in [1.54, 1.807) is 5.57 Å². The molecule has 0 aromatic heterocycles. The van der Waals surface area contributed by atoms with E-state index in [1.807, 2.05) is 13.3 Å². The summed E-state index contributed by atoms with van der Waals surface area (Å²) in [6.45, 7) is 4.56. The summed E-state index contributed by atoms with van der Waals surface area (Å²) in [6.07, 6.45) is 7.98. The van der Waals surface area contributed by atoms with Crippen LogP contribution in [0, 0.1) is 5.41 Å². The third-order valence-electron chi connectivity index (χ3n) is 2.58. The van der Waals surface area contributed by atoms with Crippen molar-refractivity contribution in [1.82, 2.24) is 0 Å². The molecule has 0 aliphatic heterocycles. The summed E-state index contributed by atoms with van der Waals surface area (Å²) >= 11 is 0. The number of nitrogens with zero attached hydrogens (tertiary/aromatic N) is 1. The van der Waals surface area contributed by atoms with Gasteiger partial charge in [0, 0.05) is 13.3 Å². The molecule has 1 rings (SSSR count). The van der Waals surface area contributed by atoms with Crippen molar-refractivity contribution in [3.05, 3.63) is 11.6 Å². The number of hydrogen-bond donors (Lipinski definition) is 0. The maximum Gasteiger partial charge on any atom is 0.0277 e. The van der Waals surface area contributed by atoms with Crippen molar-refractivity contribution in [2.75, 3.05) is 7.05 Å². The van der Waals surface area contributed by atoms with Gasteiger partial charge >= 0.3 is 0 Å². The van der Waals surface area contributed by atoms with Gasteiger partial charge in [0.05, 0.1) is 0 Å². The van der Waals surface area contributed by atoms with Crippen LogP contribution in [-0.4, -0.2) is 13.3 Å². The highest BCUT2D eigenvalue weighted by Gasteiger charge is 2.39. The van der Waals surface area contributed by atoms with Crippen LogP contribution in [0.25, 0.3) is 0 Å². The summed E-state index contributed by atoms with van der Waals surface area (Å²) in [5.41, 5.74) is 2.10. The van der Waals surface area contributed by atoms with Crippen molar-refractivity contribution >= 4 is 6.21 Å². The number of rotatable bonds is 3. The van der Waals surface area contributed by atoms with Gasteiger partial charge < -0.3 is 0 Å². The lowest BCUT2D eigenvalue weighted by Crippen LogP contribution is -1.97. The van der Waals surface area contributed by atoms with E-state index in [0.29, 0.717) is 5.41 Å². The first-order valence-corrected chi connectivity index (χ1v) is 4.35. The van der Waals surface area contributed by atoms with E-state index in [2.05, 4.69) is 24.9 Å². The minimum Gasteiger partial charge on any atom is -0.297 e. The van der Waals surface area contributed by atoms with Gasteiger partial charge in [0.25, 0.3) is 0 Å². The van der Waals surface area contributed by atoms with Gasteiger partial charge in [-0.25, -0.2) is 0 Å². The second kappa shape index (κ2) is 3.21. The molecule has 0 aromatic rings. The minimum absolute atomic E-state index is 0.538. The van der Waals surface area contributed by atoms with E-state index in [0.717, 1.165) is 0 Å². The molecule has 1 aliphatic carbocycles. The van der Waals surface area contributed by atoms with E-state index in [-0.39, 0.29) is 0 Å². The molecule has 0 unspecified atom stereocenters. The quantitative estimate of drug-likeness (QED) is 0.550. The monoisotopic (exact) mass is 151 g/mol. The van der Waals surface area contributed by atoms with E-state index < -0.39 is 0 Å².